The maximum atomic E-state index is 12.0. The van der Waals surface area contributed by atoms with E-state index < -0.39 is 30.6 Å². The lowest BCUT2D eigenvalue weighted by atomic mass is 10.1. The van der Waals surface area contributed by atoms with E-state index in [1.807, 2.05) is 0 Å². The molecule has 0 aliphatic carbocycles. The summed E-state index contributed by atoms with van der Waals surface area (Å²) < 4.78 is 15.9. The summed E-state index contributed by atoms with van der Waals surface area (Å²) in [4.78, 5) is 36.9. The minimum Gasteiger partial charge on any atom is -0.318 e. The van der Waals surface area contributed by atoms with Crippen LogP contribution in [-0.4, -0.2) is 41.2 Å². The van der Waals surface area contributed by atoms with E-state index in [0.717, 1.165) is 4.90 Å². The smallest absolute Gasteiger partial charge is 0.318 e. The minimum atomic E-state index is -1.93. The van der Waals surface area contributed by atoms with E-state index in [2.05, 4.69) is 0 Å². The van der Waals surface area contributed by atoms with Gasteiger partial charge >= 0.3 is 6.03 Å². The normalized spacial score (nSPS) is 17.8. The molecule has 1 fully saturated rings. The summed E-state index contributed by atoms with van der Waals surface area (Å²) in [7, 11) is 1.42. The SMILES string of the molecule is [2H]C([2H])(CC(=O)N1C(=O)CN(C)C1=O)c1ccccc1. The molecule has 0 radical (unpaired) electrons. The maximum Gasteiger partial charge on any atom is 0.333 e. The molecule has 0 atom stereocenters. The molecule has 0 spiro atoms. The second-order valence-electron chi connectivity index (χ2n) is 3.98. The Hall–Kier alpha value is -2.17. The predicted molar refractivity (Wildman–Crippen MR) is 64.6 cm³/mol. The van der Waals surface area contributed by atoms with Gasteiger partial charge in [0.15, 0.2) is 0 Å². The molecule has 2 rings (SSSR count). The van der Waals surface area contributed by atoms with E-state index in [4.69, 9.17) is 2.74 Å². The van der Waals surface area contributed by atoms with E-state index in [-0.39, 0.29) is 6.54 Å². The quantitative estimate of drug-likeness (QED) is 0.751. The second kappa shape index (κ2) is 5.00. The number of carbonyl (C=O) groups excluding carboxylic acids is 3. The van der Waals surface area contributed by atoms with Gasteiger partial charge in [0.2, 0.25) is 5.91 Å². The summed E-state index contributed by atoms with van der Waals surface area (Å²) in [6, 6.07) is 7.49. The number of rotatable bonds is 3. The number of urea groups is 1. The van der Waals surface area contributed by atoms with Crippen molar-refractivity contribution in [1.29, 1.82) is 0 Å². The first-order valence-electron chi connectivity index (χ1n) is 6.49. The fourth-order valence-corrected chi connectivity index (χ4v) is 1.68. The molecule has 4 amide bonds. The van der Waals surface area contributed by atoms with Crippen LogP contribution >= 0.6 is 0 Å². The number of aryl methyl sites for hydroxylation is 1. The zero-order valence-corrected chi connectivity index (χ0v) is 9.92. The van der Waals surface area contributed by atoms with E-state index in [1.165, 1.54) is 7.05 Å². The van der Waals surface area contributed by atoms with Gasteiger partial charge in [-0.15, -0.1) is 0 Å². The van der Waals surface area contributed by atoms with Crippen molar-refractivity contribution in [3.63, 3.8) is 0 Å². The molecule has 1 aromatic rings. The fraction of sp³-hybridized carbons (Fsp3) is 0.308. The molecule has 94 valence electrons. The third-order valence-corrected chi connectivity index (χ3v) is 2.61. The number of benzene rings is 1. The van der Waals surface area contributed by atoms with Crippen LogP contribution in [0.25, 0.3) is 0 Å². The number of likely N-dealkylation sites (N-methyl/N-ethyl adjacent to an activating group) is 1. The van der Waals surface area contributed by atoms with Gasteiger partial charge in [-0.25, -0.2) is 4.79 Å². The third kappa shape index (κ3) is 2.40. The van der Waals surface area contributed by atoms with Gasteiger partial charge in [0, 0.05) is 16.2 Å². The Labute approximate surface area is 108 Å². The van der Waals surface area contributed by atoms with Gasteiger partial charge in [-0.3, -0.25) is 9.59 Å². The van der Waals surface area contributed by atoms with Gasteiger partial charge < -0.3 is 4.90 Å². The second-order valence-corrected chi connectivity index (χ2v) is 3.98. The van der Waals surface area contributed by atoms with E-state index in [0.29, 0.717) is 10.5 Å². The molecule has 0 unspecified atom stereocenters. The Morgan fingerprint density at radius 2 is 2.00 bits per heavy atom. The van der Waals surface area contributed by atoms with Crippen LogP contribution in [0.3, 0.4) is 0 Å². The van der Waals surface area contributed by atoms with Crippen molar-refractivity contribution in [2.24, 2.45) is 0 Å². The van der Waals surface area contributed by atoms with Crippen LogP contribution < -0.4 is 0 Å². The van der Waals surface area contributed by atoms with Crippen LogP contribution in [0.15, 0.2) is 30.3 Å². The molecule has 5 nitrogen and oxygen atoms in total. The number of nitrogens with zero attached hydrogens (tertiary/aromatic N) is 2. The van der Waals surface area contributed by atoms with Crippen LogP contribution in [0.1, 0.15) is 14.7 Å². The maximum absolute atomic E-state index is 12.0. The predicted octanol–water partition coefficient (Wildman–Crippen LogP) is 1.04. The van der Waals surface area contributed by atoms with Crippen molar-refractivity contribution in [2.45, 2.75) is 12.8 Å². The number of imide groups is 3. The Morgan fingerprint density at radius 3 is 2.56 bits per heavy atom. The molecule has 0 bridgehead atoms. The highest BCUT2D eigenvalue weighted by atomic mass is 16.2. The summed E-state index contributed by atoms with van der Waals surface area (Å²) in [6.07, 6.45) is -2.48. The first-order chi connectivity index (χ1) is 9.33. The molecule has 5 heteroatoms. The molecule has 18 heavy (non-hydrogen) atoms. The Morgan fingerprint density at radius 1 is 1.33 bits per heavy atom. The topological polar surface area (TPSA) is 57.7 Å². The van der Waals surface area contributed by atoms with Gasteiger partial charge in [0.25, 0.3) is 5.91 Å². The van der Waals surface area contributed by atoms with Gasteiger partial charge in [-0.2, -0.15) is 4.90 Å². The lowest BCUT2D eigenvalue weighted by Gasteiger charge is -2.12. The fourth-order valence-electron chi connectivity index (χ4n) is 1.68. The number of amides is 4. The van der Waals surface area contributed by atoms with E-state index in [9.17, 15) is 14.4 Å². The van der Waals surface area contributed by atoms with Crippen molar-refractivity contribution in [3.05, 3.63) is 35.9 Å². The first kappa shape index (κ1) is 9.82. The molecule has 0 N–H and O–H groups in total. The minimum absolute atomic E-state index is 0.154. The van der Waals surface area contributed by atoms with Crippen molar-refractivity contribution in [2.75, 3.05) is 13.6 Å². The highest BCUT2D eigenvalue weighted by molar-refractivity contribution is 6.14. The number of hydrogen-bond acceptors (Lipinski definition) is 3. The largest absolute Gasteiger partial charge is 0.333 e. The van der Waals surface area contributed by atoms with Gasteiger partial charge in [-0.1, -0.05) is 30.3 Å². The zero-order chi connectivity index (χ0) is 14.9. The monoisotopic (exact) mass is 248 g/mol. The molecular formula is C13H14N2O3. The molecular weight excluding hydrogens is 232 g/mol. The standard InChI is InChI=1S/C13H14N2O3/c1-14-9-12(17)15(13(14)18)11(16)8-7-10-5-3-2-4-6-10/h2-6H,7-9H2,1H3/i7D2. The molecule has 1 aliphatic heterocycles. The van der Waals surface area contributed by atoms with Crippen LogP contribution in [0.2, 0.25) is 0 Å². The van der Waals surface area contributed by atoms with Crippen molar-refractivity contribution in [3.8, 4) is 0 Å². The third-order valence-electron chi connectivity index (χ3n) is 2.61. The molecule has 1 heterocycles. The lowest BCUT2D eigenvalue weighted by Crippen LogP contribution is -2.37. The highest BCUT2D eigenvalue weighted by Gasteiger charge is 2.37. The average Bonchev–Trinajstić information content (AvgIpc) is 2.63. The average molecular weight is 248 g/mol. The summed E-state index contributed by atoms with van der Waals surface area (Å²) >= 11 is 0. The molecule has 1 aromatic carbocycles. The first-order valence-corrected chi connectivity index (χ1v) is 5.49. The molecule has 0 aromatic heterocycles. The van der Waals surface area contributed by atoms with Crippen LogP contribution in [0.5, 0.6) is 0 Å². The van der Waals surface area contributed by atoms with Crippen LogP contribution in [-0.2, 0) is 16.0 Å². The number of carbonyl (C=O) groups is 3. The number of hydrogen-bond donors (Lipinski definition) is 0. The summed E-state index contributed by atoms with van der Waals surface area (Å²) in [5, 5.41) is 0. The van der Waals surface area contributed by atoms with Crippen molar-refractivity contribution in [1.82, 2.24) is 9.80 Å². The molecule has 1 saturated heterocycles. The van der Waals surface area contributed by atoms with Crippen LogP contribution in [0, 0.1) is 0 Å². The Bertz CT molecular complexity index is 560. The summed E-state index contributed by atoms with van der Waals surface area (Å²) in [5.74, 6) is -1.44. The molecule has 1 aliphatic rings. The van der Waals surface area contributed by atoms with Crippen molar-refractivity contribution < 1.29 is 17.1 Å². The van der Waals surface area contributed by atoms with Gasteiger partial charge in [0.05, 0.1) is 0 Å². The highest BCUT2D eigenvalue weighted by Crippen LogP contribution is 2.11. The summed E-state index contributed by atoms with van der Waals surface area (Å²) in [6.45, 7) is -0.154. The molecule has 0 saturated carbocycles. The summed E-state index contributed by atoms with van der Waals surface area (Å²) in [5.41, 5.74) is 0.334. The Balaban J connectivity index is 2.16. The van der Waals surface area contributed by atoms with Crippen molar-refractivity contribution >= 4 is 17.8 Å². The van der Waals surface area contributed by atoms with Gasteiger partial charge in [-0.05, 0) is 11.9 Å². The Kier molecular flexibility index (Phi) is 2.72. The lowest BCUT2D eigenvalue weighted by molar-refractivity contribution is -0.138. The van der Waals surface area contributed by atoms with E-state index in [1.54, 1.807) is 30.3 Å². The van der Waals surface area contributed by atoms with E-state index >= 15 is 0 Å². The zero-order valence-electron chi connectivity index (χ0n) is 11.9. The van der Waals surface area contributed by atoms with Gasteiger partial charge in [0.1, 0.15) is 6.54 Å². The van der Waals surface area contributed by atoms with Crippen LogP contribution in [0.4, 0.5) is 4.79 Å².